The Balaban J connectivity index is 2.13. The first kappa shape index (κ1) is 11.5. The first-order valence-corrected chi connectivity index (χ1v) is 5.26. The average molecular weight is 200 g/mol. The van der Waals surface area contributed by atoms with Crippen LogP contribution in [0.3, 0.4) is 0 Å². The van der Waals surface area contributed by atoms with Gasteiger partial charge in [0, 0.05) is 13.1 Å². The van der Waals surface area contributed by atoms with Gasteiger partial charge < -0.3 is 15.0 Å². The van der Waals surface area contributed by atoms with E-state index in [0.29, 0.717) is 25.7 Å². The van der Waals surface area contributed by atoms with Crippen molar-refractivity contribution < 1.29 is 9.53 Å². The van der Waals surface area contributed by atoms with Gasteiger partial charge in [0.1, 0.15) is 0 Å². The summed E-state index contributed by atoms with van der Waals surface area (Å²) in [4.78, 5) is 13.4. The fraction of sp³-hybridized carbons (Fsp3) is 0.900. The van der Waals surface area contributed by atoms with Gasteiger partial charge in [0.2, 0.25) is 5.91 Å². The molecule has 1 rings (SSSR count). The van der Waals surface area contributed by atoms with Crippen LogP contribution >= 0.6 is 0 Å². The SMILES string of the molecule is CC(C)CNCC(=O)N1CCOCC1. The van der Waals surface area contributed by atoms with Crippen LogP contribution in [0.4, 0.5) is 0 Å². The molecule has 0 spiro atoms. The molecule has 14 heavy (non-hydrogen) atoms. The van der Waals surface area contributed by atoms with Crippen LogP contribution in [-0.2, 0) is 9.53 Å². The number of carbonyl (C=O) groups is 1. The maximum absolute atomic E-state index is 11.6. The van der Waals surface area contributed by atoms with Crippen molar-refractivity contribution in [2.24, 2.45) is 5.92 Å². The highest BCUT2D eigenvalue weighted by Crippen LogP contribution is 1.96. The summed E-state index contributed by atoms with van der Waals surface area (Å²) in [5, 5.41) is 3.15. The van der Waals surface area contributed by atoms with Crippen molar-refractivity contribution in [2.45, 2.75) is 13.8 Å². The third-order valence-corrected chi connectivity index (χ3v) is 2.19. The minimum Gasteiger partial charge on any atom is -0.378 e. The van der Waals surface area contributed by atoms with Gasteiger partial charge in [0.25, 0.3) is 0 Å². The highest BCUT2D eigenvalue weighted by molar-refractivity contribution is 5.78. The molecular formula is C10H20N2O2. The molecule has 1 aliphatic heterocycles. The molecule has 0 aromatic carbocycles. The fourth-order valence-electron chi connectivity index (χ4n) is 1.39. The molecule has 0 atom stereocenters. The van der Waals surface area contributed by atoms with Crippen LogP contribution in [0.1, 0.15) is 13.8 Å². The van der Waals surface area contributed by atoms with Crippen molar-refractivity contribution in [3.63, 3.8) is 0 Å². The number of hydrogen-bond donors (Lipinski definition) is 1. The molecule has 0 saturated carbocycles. The van der Waals surface area contributed by atoms with Crippen LogP contribution in [-0.4, -0.2) is 50.2 Å². The van der Waals surface area contributed by atoms with E-state index >= 15 is 0 Å². The van der Waals surface area contributed by atoms with Gasteiger partial charge in [-0.15, -0.1) is 0 Å². The van der Waals surface area contributed by atoms with Crippen LogP contribution in [0.2, 0.25) is 0 Å². The molecule has 1 saturated heterocycles. The minimum absolute atomic E-state index is 0.189. The number of nitrogens with zero attached hydrogens (tertiary/aromatic N) is 1. The van der Waals surface area contributed by atoms with Crippen LogP contribution in [0.5, 0.6) is 0 Å². The lowest BCUT2D eigenvalue weighted by atomic mass is 10.2. The zero-order valence-electron chi connectivity index (χ0n) is 9.08. The number of amides is 1. The van der Waals surface area contributed by atoms with Gasteiger partial charge in [-0.25, -0.2) is 0 Å². The molecule has 1 aliphatic rings. The Morgan fingerprint density at radius 3 is 2.64 bits per heavy atom. The quantitative estimate of drug-likeness (QED) is 0.699. The number of hydrogen-bond acceptors (Lipinski definition) is 3. The summed E-state index contributed by atoms with van der Waals surface area (Å²) < 4.78 is 5.18. The highest BCUT2D eigenvalue weighted by Gasteiger charge is 2.15. The molecule has 0 aromatic rings. The molecule has 0 aromatic heterocycles. The summed E-state index contributed by atoms with van der Waals surface area (Å²) in [5.41, 5.74) is 0. The Kier molecular flexibility index (Phi) is 4.90. The third kappa shape index (κ3) is 4.07. The Hall–Kier alpha value is -0.610. The number of ether oxygens (including phenoxy) is 1. The topological polar surface area (TPSA) is 41.6 Å². The van der Waals surface area contributed by atoms with E-state index in [9.17, 15) is 4.79 Å². The van der Waals surface area contributed by atoms with Crippen LogP contribution in [0.25, 0.3) is 0 Å². The van der Waals surface area contributed by atoms with E-state index in [1.807, 2.05) is 4.90 Å². The van der Waals surface area contributed by atoms with Gasteiger partial charge in [0.15, 0.2) is 0 Å². The molecular weight excluding hydrogens is 180 g/mol. The first-order valence-electron chi connectivity index (χ1n) is 5.26. The molecule has 1 amide bonds. The van der Waals surface area contributed by atoms with E-state index in [4.69, 9.17) is 4.74 Å². The van der Waals surface area contributed by atoms with Gasteiger partial charge in [0.05, 0.1) is 19.8 Å². The Bertz CT molecular complexity index is 177. The van der Waals surface area contributed by atoms with Crippen molar-refractivity contribution in [3.05, 3.63) is 0 Å². The lowest BCUT2D eigenvalue weighted by Crippen LogP contribution is -2.45. The summed E-state index contributed by atoms with van der Waals surface area (Å²) in [6, 6.07) is 0. The van der Waals surface area contributed by atoms with Crippen LogP contribution in [0.15, 0.2) is 0 Å². The van der Waals surface area contributed by atoms with E-state index < -0.39 is 0 Å². The standard InChI is InChI=1S/C10H20N2O2/c1-9(2)7-11-8-10(13)12-3-5-14-6-4-12/h9,11H,3-8H2,1-2H3. The zero-order chi connectivity index (χ0) is 10.4. The molecule has 1 N–H and O–H groups in total. The van der Waals surface area contributed by atoms with Crippen LogP contribution < -0.4 is 5.32 Å². The molecule has 0 unspecified atom stereocenters. The monoisotopic (exact) mass is 200 g/mol. The molecule has 4 nitrogen and oxygen atoms in total. The maximum Gasteiger partial charge on any atom is 0.236 e. The van der Waals surface area contributed by atoms with E-state index in [0.717, 1.165) is 19.6 Å². The van der Waals surface area contributed by atoms with Gasteiger partial charge in [-0.2, -0.15) is 0 Å². The maximum atomic E-state index is 11.6. The van der Waals surface area contributed by atoms with Gasteiger partial charge in [-0.05, 0) is 12.5 Å². The van der Waals surface area contributed by atoms with Gasteiger partial charge in [-0.3, -0.25) is 4.79 Å². The van der Waals surface area contributed by atoms with E-state index in [2.05, 4.69) is 19.2 Å². The summed E-state index contributed by atoms with van der Waals surface area (Å²) in [5.74, 6) is 0.779. The van der Waals surface area contributed by atoms with Crippen molar-refractivity contribution in [2.75, 3.05) is 39.4 Å². The molecule has 0 aliphatic carbocycles. The Morgan fingerprint density at radius 1 is 1.43 bits per heavy atom. The first-order chi connectivity index (χ1) is 6.70. The highest BCUT2D eigenvalue weighted by atomic mass is 16.5. The number of nitrogens with one attached hydrogen (secondary N) is 1. The Morgan fingerprint density at radius 2 is 2.07 bits per heavy atom. The van der Waals surface area contributed by atoms with Gasteiger partial charge in [-0.1, -0.05) is 13.8 Å². The van der Waals surface area contributed by atoms with Crippen LogP contribution in [0, 0.1) is 5.92 Å². The summed E-state index contributed by atoms with van der Waals surface area (Å²) >= 11 is 0. The van der Waals surface area contributed by atoms with E-state index in [-0.39, 0.29) is 5.91 Å². The third-order valence-electron chi connectivity index (χ3n) is 2.19. The molecule has 4 heteroatoms. The lowest BCUT2D eigenvalue weighted by molar-refractivity contribution is -0.134. The molecule has 1 heterocycles. The average Bonchev–Trinajstić information content (AvgIpc) is 2.18. The van der Waals surface area contributed by atoms with Crippen molar-refractivity contribution in [1.82, 2.24) is 10.2 Å². The summed E-state index contributed by atoms with van der Waals surface area (Å²) in [7, 11) is 0. The number of morpholine rings is 1. The smallest absolute Gasteiger partial charge is 0.236 e. The van der Waals surface area contributed by atoms with E-state index in [1.54, 1.807) is 0 Å². The number of carbonyl (C=O) groups excluding carboxylic acids is 1. The van der Waals surface area contributed by atoms with Crippen molar-refractivity contribution in [1.29, 1.82) is 0 Å². The summed E-state index contributed by atoms with van der Waals surface area (Å²) in [6.07, 6.45) is 0. The second kappa shape index (κ2) is 5.98. The summed E-state index contributed by atoms with van der Waals surface area (Å²) in [6.45, 7) is 8.45. The predicted molar refractivity (Wildman–Crippen MR) is 55.1 cm³/mol. The molecule has 0 radical (unpaired) electrons. The zero-order valence-corrected chi connectivity index (χ0v) is 9.08. The van der Waals surface area contributed by atoms with Crippen molar-refractivity contribution in [3.8, 4) is 0 Å². The van der Waals surface area contributed by atoms with Crippen molar-refractivity contribution >= 4 is 5.91 Å². The minimum atomic E-state index is 0.189. The van der Waals surface area contributed by atoms with E-state index in [1.165, 1.54) is 0 Å². The molecule has 82 valence electrons. The predicted octanol–water partition coefficient (Wildman–Crippen LogP) is 0.0908. The molecule has 1 fully saturated rings. The Labute approximate surface area is 85.6 Å². The number of rotatable bonds is 4. The lowest BCUT2D eigenvalue weighted by Gasteiger charge is -2.27. The second-order valence-corrected chi connectivity index (χ2v) is 4.02. The molecule has 0 bridgehead atoms. The fourth-order valence-corrected chi connectivity index (χ4v) is 1.39. The normalized spacial score (nSPS) is 17.5. The van der Waals surface area contributed by atoms with Gasteiger partial charge >= 0.3 is 0 Å². The largest absolute Gasteiger partial charge is 0.378 e. The second-order valence-electron chi connectivity index (χ2n) is 4.02.